The lowest BCUT2D eigenvalue weighted by atomic mass is 10.2. The maximum absolute atomic E-state index is 13.0. The summed E-state index contributed by atoms with van der Waals surface area (Å²) in [6, 6.07) is 10.8. The second-order valence-electron chi connectivity index (χ2n) is 5.81. The van der Waals surface area contributed by atoms with Gasteiger partial charge < -0.3 is 19.5 Å². The molecule has 0 aliphatic carbocycles. The van der Waals surface area contributed by atoms with Crippen molar-refractivity contribution in [2.75, 3.05) is 44.5 Å². The minimum atomic E-state index is -3.96. The van der Waals surface area contributed by atoms with Gasteiger partial charge in [0.2, 0.25) is 0 Å². The van der Waals surface area contributed by atoms with E-state index in [0.29, 0.717) is 36.7 Å². The largest absolute Gasteiger partial charge is 0.497 e. The Morgan fingerprint density at radius 1 is 1.04 bits per heavy atom. The average molecular weight is 408 g/mol. The third-order valence-corrected chi connectivity index (χ3v) is 5.30. The summed E-state index contributed by atoms with van der Waals surface area (Å²) in [6.07, 6.45) is 0.695. The molecule has 0 atom stereocenters. The maximum Gasteiger partial charge on any atom is 0.337 e. The van der Waals surface area contributed by atoms with Crippen molar-refractivity contribution in [1.82, 2.24) is 0 Å². The van der Waals surface area contributed by atoms with E-state index in [4.69, 9.17) is 14.2 Å². The van der Waals surface area contributed by atoms with Crippen LogP contribution in [0.15, 0.2) is 47.4 Å². The molecule has 0 radical (unpaired) electrons. The quantitative estimate of drug-likeness (QED) is 0.460. The van der Waals surface area contributed by atoms with Crippen molar-refractivity contribution in [2.24, 2.45) is 0 Å². The molecule has 8 nitrogen and oxygen atoms in total. The summed E-state index contributed by atoms with van der Waals surface area (Å²) in [6.45, 7) is 1.05. The molecule has 0 spiro atoms. The molecule has 2 aromatic rings. The topological polar surface area (TPSA) is 103 Å². The van der Waals surface area contributed by atoms with Crippen LogP contribution >= 0.6 is 0 Å². The number of carbonyl (C=O) groups excluding carboxylic acids is 1. The van der Waals surface area contributed by atoms with E-state index in [1.807, 2.05) is 0 Å². The van der Waals surface area contributed by atoms with Crippen molar-refractivity contribution in [3.8, 4) is 5.75 Å². The van der Waals surface area contributed by atoms with E-state index in [1.54, 1.807) is 37.4 Å². The molecule has 28 heavy (non-hydrogen) atoms. The Morgan fingerprint density at radius 3 is 2.36 bits per heavy atom. The molecule has 0 aromatic heterocycles. The van der Waals surface area contributed by atoms with Crippen LogP contribution in [0.25, 0.3) is 0 Å². The van der Waals surface area contributed by atoms with E-state index in [0.717, 1.165) is 0 Å². The summed E-state index contributed by atoms with van der Waals surface area (Å²) in [7, 11) is 0.400. The molecule has 0 fully saturated rings. The van der Waals surface area contributed by atoms with E-state index in [1.165, 1.54) is 26.4 Å². The van der Waals surface area contributed by atoms with Crippen LogP contribution in [0.2, 0.25) is 0 Å². The molecule has 0 saturated carbocycles. The number of carbonyl (C=O) groups is 1. The Morgan fingerprint density at radius 2 is 1.75 bits per heavy atom. The monoisotopic (exact) mass is 408 g/mol. The first-order valence-electron chi connectivity index (χ1n) is 8.53. The first kappa shape index (κ1) is 21.5. The predicted molar refractivity (Wildman–Crippen MR) is 107 cm³/mol. The van der Waals surface area contributed by atoms with Crippen LogP contribution in [-0.4, -0.2) is 48.9 Å². The van der Waals surface area contributed by atoms with Gasteiger partial charge >= 0.3 is 5.97 Å². The van der Waals surface area contributed by atoms with Crippen LogP contribution in [0.4, 0.5) is 11.4 Å². The Kier molecular flexibility index (Phi) is 7.65. The van der Waals surface area contributed by atoms with E-state index in [9.17, 15) is 13.2 Å². The Balaban J connectivity index is 2.34. The van der Waals surface area contributed by atoms with Crippen LogP contribution in [-0.2, 0) is 19.5 Å². The molecule has 9 heteroatoms. The van der Waals surface area contributed by atoms with Crippen LogP contribution < -0.4 is 14.8 Å². The molecule has 2 rings (SSSR count). The Bertz CT molecular complexity index is 897. The summed E-state index contributed by atoms with van der Waals surface area (Å²) in [5.74, 6) is -0.0111. The van der Waals surface area contributed by atoms with Crippen molar-refractivity contribution >= 4 is 27.4 Å². The van der Waals surface area contributed by atoms with Crippen molar-refractivity contribution in [3.05, 3.63) is 48.0 Å². The molecule has 0 heterocycles. The molecule has 2 aromatic carbocycles. The van der Waals surface area contributed by atoms with Gasteiger partial charge in [-0.3, -0.25) is 4.72 Å². The van der Waals surface area contributed by atoms with Crippen molar-refractivity contribution in [3.63, 3.8) is 0 Å². The molecule has 2 N–H and O–H groups in total. The minimum Gasteiger partial charge on any atom is -0.497 e. The second-order valence-corrected chi connectivity index (χ2v) is 7.46. The Hall–Kier alpha value is -2.78. The van der Waals surface area contributed by atoms with Gasteiger partial charge in [0.05, 0.1) is 25.5 Å². The molecule has 0 aliphatic rings. The van der Waals surface area contributed by atoms with Gasteiger partial charge in [-0.1, -0.05) is 0 Å². The van der Waals surface area contributed by atoms with Crippen LogP contribution in [0.5, 0.6) is 5.75 Å². The zero-order valence-electron chi connectivity index (χ0n) is 16.0. The molecule has 0 amide bonds. The standard InChI is InChI=1S/C19H24N2O6S/c1-25-12-4-11-20-17-10-5-14(19(22)27-3)13-18(17)28(23,24)21-15-6-8-16(26-2)9-7-15/h5-10,13,20-21H,4,11-12H2,1-3H3. The smallest absolute Gasteiger partial charge is 0.337 e. The number of sulfonamides is 1. The predicted octanol–water partition coefficient (Wildman–Crippen LogP) is 2.73. The van der Waals surface area contributed by atoms with Crippen molar-refractivity contribution in [2.45, 2.75) is 11.3 Å². The van der Waals surface area contributed by atoms with Gasteiger partial charge in [-0.05, 0) is 48.9 Å². The van der Waals surface area contributed by atoms with E-state index >= 15 is 0 Å². The number of hydrogen-bond donors (Lipinski definition) is 2. The third-order valence-electron chi connectivity index (χ3n) is 3.88. The molecular formula is C19H24N2O6S. The van der Waals surface area contributed by atoms with Crippen LogP contribution in [0.3, 0.4) is 0 Å². The number of methoxy groups -OCH3 is 3. The lowest BCUT2D eigenvalue weighted by molar-refractivity contribution is 0.0600. The summed E-state index contributed by atoms with van der Waals surface area (Å²) < 4.78 is 43.2. The first-order chi connectivity index (χ1) is 13.4. The minimum absolute atomic E-state index is 0.0522. The first-order valence-corrected chi connectivity index (χ1v) is 10.0. The second kappa shape index (κ2) is 9.95. The highest BCUT2D eigenvalue weighted by molar-refractivity contribution is 7.92. The van der Waals surface area contributed by atoms with Gasteiger partial charge in [0.25, 0.3) is 10.0 Å². The van der Waals surface area contributed by atoms with Crippen LogP contribution in [0, 0.1) is 0 Å². The molecule has 152 valence electrons. The summed E-state index contributed by atoms with van der Waals surface area (Å²) in [5.41, 5.74) is 0.888. The molecule has 0 unspecified atom stereocenters. The van der Waals surface area contributed by atoms with E-state index in [2.05, 4.69) is 10.0 Å². The molecular weight excluding hydrogens is 384 g/mol. The van der Waals surface area contributed by atoms with Crippen molar-refractivity contribution in [1.29, 1.82) is 0 Å². The Labute approximate surface area is 164 Å². The van der Waals surface area contributed by atoms with Gasteiger partial charge in [-0.2, -0.15) is 0 Å². The van der Waals surface area contributed by atoms with Crippen molar-refractivity contribution < 1.29 is 27.4 Å². The number of rotatable bonds is 10. The fraction of sp³-hybridized carbons (Fsp3) is 0.316. The SMILES string of the molecule is COCCCNc1ccc(C(=O)OC)cc1S(=O)(=O)Nc1ccc(OC)cc1. The van der Waals surface area contributed by atoms with Crippen LogP contribution in [0.1, 0.15) is 16.8 Å². The fourth-order valence-electron chi connectivity index (χ4n) is 2.44. The number of esters is 1. The third kappa shape index (κ3) is 5.61. The number of anilines is 2. The van der Waals surface area contributed by atoms with Gasteiger partial charge in [-0.15, -0.1) is 0 Å². The summed E-state index contributed by atoms with van der Waals surface area (Å²) in [5, 5.41) is 3.07. The lowest BCUT2D eigenvalue weighted by Crippen LogP contribution is -2.17. The molecule has 0 bridgehead atoms. The van der Waals surface area contributed by atoms with Gasteiger partial charge in [-0.25, -0.2) is 13.2 Å². The van der Waals surface area contributed by atoms with Gasteiger partial charge in [0.15, 0.2) is 0 Å². The van der Waals surface area contributed by atoms with E-state index < -0.39 is 16.0 Å². The molecule has 0 aliphatic heterocycles. The van der Waals surface area contributed by atoms with E-state index in [-0.39, 0.29) is 10.5 Å². The highest BCUT2D eigenvalue weighted by Gasteiger charge is 2.21. The van der Waals surface area contributed by atoms with Gasteiger partial charge in [0.1, 0.15) is 10.6 Å². The van der Waals surface area contributed by atoms with Gasteiger partial charge in [0, 0.05) is 25.9 Å². The highest BCUT2D eigenvalue weighted by Crippen LogP contribution is 2.26. The number of ether oxygens (including phenoxy) is 3. The normalized spacial score (nSPS) is 11.0. The fourth-order valence-corrected chi connectivity index (χ4v) is 3.71. The zero-order chi connectivity index (χ0) is 20.6. The number of hydrogen-bond acceptors (Lipinski definition) is 7. The summed E-state index contributed by atoms with van der Waals surface area (Å²) >= 11 is 0. The summed E-state index contributed by atoms with van der Waals surface area (Å²) in [4.78, 5) is 11.8. The lowest BCUT2D eigenvalue weighted by Gasteiger charge is -2.15. The zero-order valence-corrected chi connectivity index (χ0v) is 16.8. The average Bonchev–Trinajstić information content (AvgIpc) is 2.71. The molecule has 0 saturated heterocycles. The number of nitrogens with one attached hydrogen (secondary N) is 2. The highest BCUT2D eigenvalue weighted by atomic mass is 32.2. The number of benzene rings is 2. The maximum atomic E-state index is 13.0.